The quantitative estimate of drug-likeness (QED) is 0.333. The van der Waals surface area contributed by atoms with Crippen LogP contribution in [0.15, 0.2) is 72.1 Å². The average Bonchev–Trinajstić information content (AvgIpc) is 3.22. The first kappa shape index (κ1) is 23.5. The standard InChI is InChI=1S/C33H37NO2/c1-21-7-5-8-22(2)30(21)31(35)36-25-14-16-32(3)24(19-25)10-11-26-28-13-12-27(23-9-6-18-34-20-23)33(28,4)17-15-29(26)32/h5-10,12-13,18,20,25-26,29H,11,14-17,19H2,1-4H3/t25-,26?,29?,32-,33+/m0/s1. The second-order valence-electron chi connectivity index (χ2n) is 11.9. The Bertz CT molecular complexity index is 1280. The number of hydrogen-bond donors (Lipinski definition) is 0. The summed E-state index contributed by atoms with van der Waals surface area (Å²) >= 11 is 0. The van der Waals surface area contributed by atoms with Crippen molar-refractivity contribution < 1.29 is 9.53 Å². The van der Waals surface area contributed by atoms with E-state index in [0.29, 0.717) is 11.8 Å². The lowest BCUT2D eigenvalue weighted by atomic mass is 9.49. The van der Waals surface area contributed by atoms with Gasteiger partial charge in [0.25, 0.3) is 0 Å². The molecule has 2 fully saturated rings. The highest BCUT2D eigenvalue weighted by Gasteiger charge is 2.54. The van der Waals surface area contributed by atoms with Crippen LogP contribution >= 0.6 is 0 Å². The maximum atomic E-state index is 13.1. The molecule has 1 aromatic carbocycles. The molecule has 36 heavy (non-hydrogen) atoms. The van der Waals surface area contributed by atoms with Gasteiger partial charge in [0.15, 0.2) is 0 Å². The van der Waals surface area contributed by atoms with Crippen LogP contribution in [0.1, 0.15) is 79.4 Å². The molecule has 1 aromatic heterocycles. The average molecular weight is 480 g/mol. The van der Waals surface area contributed by atoms with Crippen LogP contribution in [0, 0.1) is 36.5 Å². The lowest BCUT2D eigenvalue weighted by Gasteiger charge is -2.56. The van der Waals surface area contributed by atoms with Crippen molar-refractivity contribution in [2.24, 2.45) is 22.7 Å². The van der Waals surface area contributed by atoms with Gasteiger partial charge in [-0.3, -0.25) is 4.98 Å². The number of hydrogen-bond acceptors (Lipinski definition) is 3. The van der Waals surface area contributed by atoms with Gasteiger partial charge in [-0.15, -0.1) is 0 Å². The van der Waals surface area contributed by atoms with E-state index in [4.69, 9.17) is 4.74 Å². The van der Waals surface area contributed by atoms with Gasteiger partial charge in [-0.05, 0) is 91.5 Å². The van der Waals surface area contributed by atoms with Crippen molar-refractivity contribution in [3.8, 4) is 0 Å². The second kappa shape index (κ2) is 8.57. The summed E-state index contributed by atoms with van der Waals surface area (Å²) in [5, 5.41) is 0. The Morgan fingerprint density at radius 3 is 2.58 bits per heavy atom. The van der Waals surface area contributed by atoms with E-state index in [-0.39, 0.29) is 22.9 Å². The van der Waals surface area contributed by atoms with E-state index < -0.39 is 0 Å². The van der Waals surface area contributed by atoms with Crippen LogP contribution in [0.3, 0.4) is 0 Å². The molecule has 0 radical (unpaired) electrons. The normalized spacial score (nSPS) is 32.9. The van der Waals surface area contributed by atoms with Gasteiger partial charge < -0.3 is 4.74 Å². The summed E-state index contributed by atoms with van der Waals surface area (Å²) in [5.74, 6) is 1.09. The first-order chi connectivity index (χ1) is 17.3. The van der Waals surface area contributed by atoms with E-state index in [1.165, 1.54) is 29.6 Å². The van der Waals surface area contributed by atoms with Gasteiger partial charge >= 0.3 is 5.97 Å². The predicted octanol–water partition coefficient (Wildman–Crippen LogP) is 7.80. The third-order valence-corrected chi connectivity index (χ3v) is 10.0. The maximum absolute atomic E-state index is 13.1. The van der Waals surface area contributed by atoms with Crippen molar-refractivity contribution >= 4 is 11.5 Å². The number of fused-ring (bicyclic) bond motifs is 5. The summed E-state index contributed by atoms with van der Waals surface area (Å²) in [6.07, 6.45) is 17.6. The summed E-state index contributed by atoms with van der Waals surface area (Å²) in [5.41, 5.74) is 8.88. The van der Waals surface area contributed by atoms with Crippen LogP contribution in [-0.2, 0) is 4.74 Å². The van der Waals surface area contributed by atoms with E-state index in [0.717, 1.165) is 42.4 Å². The lowest BCUT2D eigenvalue weighted by Crippen LogP contribution is -2.47. The molecule has 4 aliphatic rings. The molecule has 3 nitrogen and oxygen atoms in total. The maximum Gasteiger partial charge on any atom is 0.338 e. The Morgan fingerprint density at radius 2 is 1.83 bits per heavy atom. The topological polar surface area (TPSA) is 39.2 Å². The summed E-state index contributed by atoms with van der Waals surface area (Å²) in [7, 11) is 0. The van der Waals surface area contributed by atoms with Gasteiger partial charge in [0, 0.05) is 24.2 Å². The third kappa shape index (κ3) is 3.54. The predicted molar refractivity (Wildman–Crippen MR) is 144 cm³/mol. The van der Waals surface area contributed by atoms with E-state index in [1.54, 1.807) is 5.57 Å². The zero-order valence-corrected chi connectivity index (χ0v) is 22.0. The molecule has 5 atom stereocenters. The molecule has 0 N–H and O–H groups in total. The molecule has 4 aliphatic carbocycles. The van der Waals surface area contributed by atoms with E-state index in [9.17, 15) is 4.79 Å². The molecular weight excluding hydrogens is 442 g/mol. The molecule has 2 saturated carbocycles. The SMILES string of the molecule is Cc1cccc(C)c1C(=O)O[C@H]1CC[C@@]2(C)C(=CCC3C4=CC=C(c5cccnc5)[C@@]4(C)CCC32)C1. The van der Waals surface area contributed by atoms with Gasteiger partial charge in [0.1, 0.15) is 6.10 Å². The molecule has 0 bridgehead atoms. The molecule has 0 saturated heterocycles. The van der Waals surface area contributed by atoms with Gasteiger partial charge in [-0.1, -0.05) is 67.5 Å². The Labute approximate surface area is 215 Å². The van der Waals surface area contributed by atoms with Crippen LogP contribution in [0.2, 0.25) is 0 Å². The fourth-order valence-corrected chi connectivity index (χ4v) is 8.02. The molecule has 0 aliphatic heterocycles. The molecular formula is C33H37NO2. The molecule has 2 unspecified atom stereocenters. The van der Waals surface area contributed by atoms with Crippen LogP contribution in [0.4, 0.5) is 0 Å². The molecule has 1 heterocycles. The lowest BCUT2D eigenvalue weighted by molar-refractivity contribution is 0.00235. The largest absolute Gasteiger partial charge is 0.458 e. The highest BCUT2D eigenvalue weighted by atomic mass is 16.5. The first-order valence-electron chi connectivity index (χ1n) is 13.6. The van der Waals surface area contributed by atoms with Crippen molar-refractivity contribution in [1.82, 2.24) is 4.98 Å². The molecule has 6 rings (SSSR count). The third-order valence-electron chi connectivity index (χ3n) is 10.0. The van der Waals surface area contributed by atoms with Crippen LogP contribution in [0.25, 0.3) is 5.57 Å². The smallest absolute Gasteiger partial charge is 0.338 e. The number of ether oxygens (including phenoxy) is 1. The minimum Gasteiger partial charge on any atom is -0.458 e. The number of allylic oxidation sites excluding steroid dienone is 5. The molecule has 3 heteroatoms. The monoisotopic (exact) mass is 479 g/mol. The first-order valence-corrected chi connectivity index (χ1v) is 13.6. The van der Waals surface area contributed by atoms with Gasteiger partial charge in [-0.25, -0.2) is 4.79 Å². The van der Waals surface area contributed by atoms with E-state index in [1.807, 2.05) is 50.5 Å². The summed E-state index contributed by atoms with van der Waals surface area (Å²) in [6.45, 7) is 8.93. The van der Waals surface area contributed by atoms with Gasteiger partial charge in [0.2, 0.25) is 0 Å². The van der Waals surface area contributed by atoms with Crippen molar-refractivity contribution in [2.45, 2.75) is 72.3 Å². The molecule has 0 amide bonds. The zero-order valence-electron chi connectivity index (χ0n) is 22.0. The highest BCUT2D eigenvalue weighted by molar-refractivity contribution is 5.92. The molecule has 186 valence electrons. The number of carbonyl (C=O) groups is 1. The summed E-state index contributed by atoms with van der Waals surface area (Å²) < 4.78 is 6.11. The Kier molecular flexibility index (Phi) is 5.59. The Morgan fingerprint density at radius 1 is 1.03 bits per heavy atom. The van der Waals surface area contributed by atoms with Gasteiger partial charge in [-0.2, -0.15) is 0 Å². The molecule has 0 spiro atoms. The van der Waals surface area contributed by atoms with Gasteiger partial charge in [0.05, 0.1) is 5.56 Å². The number of aromatic nitrogens is 1. The fourth-order valence-electron chi connectivity index (χ4n) is 8.02. The number of pyridine rings is 1. The highest BCUT2D eigenvalue weighted by Crippen LogP contribution is 2.64. The number of carbonyl (C=O) groups excluding carboxylic acids is 1. The minimum atomic E-state index is -0.160. The molecule has 2 aromatic rings. The van der Waals surface area contributed by atoms with Crippen molar-refractivity contribution in [3.05, 3.63) is 94.4 Å². The number of benzene rings is 1. The number of rotatable bonds is 3. The Hall–Kier alpha value is -2.94. The van der Waals surface area contributed by atoms with Crippen LogP contribution in [-0.4, -0.2) is 17.1 Å². The zero-order chi connectivity index (χ0) is 25.1. The van der Waals surface area contributed by atoms with E-state index in [2.05, 4.69) is 43.1 Å². The van der Waals surface area contributed by atoms with Crippen molar-refractivity contribution in [1.29, 1.82) is 0 Å². The summed E-state index contributed by atoms with van der Waals surface area (Å²) in [4.78, 5) is 17.5. The summed E-state index contributed by atoms with van der Waals surface area (Å²) in [6, 6.07) is 10.2. The Balaban J connectivity index is 1.21. The van der Waals surface area contributed by atoms with Crippen molar-refractivity contribution in [3.63, 3.8) is 0 Å². The van der Waals surface area contributed by atoms with Crippen molar-refractivity contribution in [2.75, 3.05) is 0 Å². The fraction of sp³-hybridized carbons (Fsp3) is 0.455. The van der Waals surface area contributed by atoms with Crippen LogP contribution in [0.5, 0.6) is 0 Å². The minimum absolute atomic E-state index is 0.0224. The van der Waals surface area contributed by atoms with Crippen LogP contribution < -0.4 is 0 Å². The van der Waals surface area contributed by atoms with E-state index >= 15 is 0 Å². The number of esters is 1. The second-order valence-corrected chi connectivity index (χ2v) is 11.9. The number of aryl methyl sites for hydroxylation is 2. The number of nitrogens with zero attached hydrogens (tertiary/aromatic N) is 1.